The van der Waals surface area contributed by atoms with Gasteiger partial charge in [0.05, 0.1) is 11.6 Å². The van der Waals surface area contributed by atoms with Gasteiger partial charge in [-0.25, -0.2) is 4.98 Å². The minimum atomic E-state index is 0.217. The first-order valence-corrected chi connectivity index (χ1v) is 5.91. The molecule has 0 unspecified atom stereocenters. The van der Waals surface area contributed by atoms with E-state index in [-0.39, 0.29) is 5.92 Å². The Morgan fingerprint density at radius 1 is 1.35 bits per heavy atom. The van der Waals surface area contributed by atoms with Crippen molar-refractivity contribution in [1.82, 2.24) is 4.98 Å². The molecule has 3 heterocycles. The van der Waals surface area contributed by atoms with Gasteiger partial charge in [-0.3, -0.25) is 0 Å². The Bertz CT molecular complexity index is 527. The minimum absolute atomic E-state index is 0.217. The second kappa shape index (κ2) is 4.20. The van der Waals surface area contributed by atoms with E-state index < -0.39 is 0 Å². The Morgan fingerprint density at radius 3 is 2.94 bits per heavy atom. The van der Waals surface area contributed by atoms with Crippen LogP contribution in [0, 0.1) is 5.92 Å². The zero-order valence-electron chi connectivity index (χ0n) is 9.50. The molecular weight excluding hydrogens is 216 g/mol. The van der Waals surface area contributed by atoms with E-state index in [4.69, 9.17) is 4.42 Å². The second-order valence-electron chi connectivity index (χ2n) is 4.43. The third kappa shape index (κ3) is 1.79. The lowest BCUT2D eigenvalue weighted by atomic mass is 9.98. The first kappa shape index (κ1) is 10.3. The number of anilines is 1. The highest BCUT2D eigenvalue weighted by Gasteiger charge is 2.21. The maximum atomic E-state index is 10.7. The van der Waals surface area contributed by atoms with Crippen LogP contribution < -0.4 is 4.90 Å². The molecule has 4 nitrogen and oxygen atoms in total. The summed E-state index contributed by atoms with van der Waals surface area (Å²) in [5.74, 6) is 1.19. The SMILES string of the molecule is O=CC1CCN(c2nccc3occc23)CC1. The molecule has 1 aliphatic rings. The van der Waals surface area contributed by atoms with Gasteiger partial charge >= 0.3 is 0 Å². The topological polar surface area (TPSA) is 46.3 Å². The van der Waals surface area contributed by atoms with Crippen molar-refractivity contribution in [3.8, 4) is 0 Å². The predicted molar refractivity (Wildman–Crippen MR) is 65.0 cm³/mol. The summed E-state index contributed by atoms with van der Waals surface area (Å²) in [6.45, 7) is 1.78. The van der Waals surface area contributed by atoms with Gasteiger partial charge in [-0.2, -0.15) is 0 Å². The fourth-order valence-corrected chi connectivity index (χ4v) is 2.38. The number of fused-ring (bicyclic) bond motifs is 1. The number of carbonyl (C=O) groups is 1. The Balaban J connectivity index is 1.89. The molecule has 0 saturated carbocycles. The Kier molecular flexibility index (Phi) is 2.55. The largest absolute Gasteiger partial charge is 0.464 e. The van der Waals surface area contributed by atoms with Gasteiger partial charge in [-0.1, -0.05) is 0 Å². The van der Waals surface area contributed by atoms with Crippen LogP contribution in [0.3, 0.4) is 0 Å². The molecule has 4 heteroatoms. The average Bonchev–Trinajstić information content (AvgIpc) is 2.87. The fraction of sp³-hybridized carbons (Fsp3) is 0.385. The predicted octanol–water partition coefficient (Wildman–Crippen LogP) is 2.24. The lowest BCUT2D eigenvalue weighted by Gasteiger charge is -2.30. The third-order valence-electron chi connectivity index (χ3n) is 3.39. The normalized spacial score (nSPS) is 17.5. The molecule has 2 aromatic heterocycles. The smallest absolute Gasteiger partial charge is 0.139 e. The molecule has 1 fully saturated rings. The molecule has 0 aromatic carbocycles. The highest BCUT2D eigenvalue weighted by molar-refractivity contribution is 5.88. The zero-order valence-corrected chi connectivity index (χ0v) is 9.50. The summed E-state index contributed by atoms with van der Waals surface area (Å²) in [6.07, 6.45) is 6.36. The van der Waals surface area contributed by atoms with E-state index in [1.54, 1.807) is 12.5 Å². The molecule has 0 atom stereocenters. The van der Waals surface area contributed by atoms with E-state index in [9.17, 15) is 4.79 Å². The molecule has 0 N–H and O–H groups in total. The zero-order chi connectivity index (χ0) is 11.7. The molecular formula is C13H14N2O2. The van der Waals surface area contributed by atoms with Gasteiger partial charge in [0.25, 0.3) is 0 Å². The molecule has 0 radical (unpaired) electrons. The summed E-state index contributed by atoms with van der Waals surface area (Å²) in [5, 5.41) is 1.05. The molecule has 17 heavy (non-hydrogen) atoms. The molecule has 88 valence electrons. The number of piperidine rings is 1. The van der Waals surface area contributed by atoms with E-state index >= 15 is 0 Å². The molecule has 1 saturated heterocycles. The van der Waals surface area contributed by atoms with Crippen LogP contribution in [0.1, 0.15) is 12.8 Å². The average molecular weight is 230 g/mol. The first-order valence-electron chi connectivity index (χ1n) is 5.91. The van der Waals surface area contributed by atoms with Crippen molar-refractivity contribution in [2.75, 3.05) is 18.0 Å². The van der Waals surface area contributed by atoms with Gasteiger partial charge < -0.3 is 14.1 Å². The number of hydrogen-bond acceptors (Lipinski definition) is 4. The maximum absolute atomic E-state index is 10.7. The van der Waals surface area contributed by atoms with Gasteiger partial charge in [-0.15, -0.1) is 0 Å². The number of aromatic nitrogens is 1. The monoisotopic (exact) mass is 230 g/mol. The van der Waals surface area contributed by atoms with Crippen LogP contribution in [0.15, 0.2) is 29.0 Å². The summed E-state index contributed by atoms with van der Waals surface area (Å²) < 4.78 is 5.37. The van der Waals surface area contributed by atoms with Gasteiger partial charge in [0, 0.05) is 25.2 Å². The van der Waals surface area contributed by atoms with E-state index in [0.29, 0.717) is 0 Å². The van der Waals surface area contributed by atoms with Crippen LogP contribution in [0.4, 0.5) is 5.82 Å². The van der Waals surface area contributed by atoms with Crippen LogP contribution in [-0.2, 0) is 4.79 Å². The number of carbonyl (C=O) groups excluding carboxylic acids is 1. The van der Waals surface area contributed by atoms with Crippen LogP contribution in [0.5, 0.6) is 0 Å². The number of rotatable bonds is 2. The molecule has 0 amide bonds. The molecule has 1 aliphatic heterocycles. The van der Waals surface area contributed by atoms with E-state index in [2.05, 4.69) is 9.88 Å². The molecule has 0 bridgehead atoms. The van der Waals surface area contributed by atoms with Crippen molar-refractivity contribution in [1.29, 1.82) is 0 Å². The maximum Gasteiger partial charge on any atom is 0.139 e. The molecule has 0 spiro atoms. The van der Waals surface area contributed by atoms with Crippen molar-refractivity contribution in [2.45, 2.75) is 12.8 Å². The van der Waals surface area contributed by atoms with Crippen molar-refractivity contribution >= 4 is 23.1 Å². The number of furan rings is 1. The number of pyridine rings is 1. The fourth-order valence-electron chi connectivity index (χ4n) is 2.38. The van der Waals surface area contributed by atoms with Crippen LogP contribution >= 0.6 is 0 Å². The Morgan fingerprint density at radius 2 is 2.18 bits per heavy atom. The number of hydrogen-bond donors (Lipinski definition) is 0. The summed E-state index contributed by atoms with van der Waals surface area (Å²) in [5.41, 5.74) is 0.868. The third-order valence-corrected chi connectivity index (χ3v) is 3.39. The van der Waals surface area contributed by atoms with Crippen LogP contribution in [0.2, 0.25) is 0 Å². The molecule has 3 rings (SSSR count). The molecule has 0 aliphatic carbocycles. The quantitative estimate of drug-likeness (QED) is 0.742. The van der Waals surface area contributed by atoms with Crippen molar-refractivity contribution in [3.05, 3.63) is 24.6 Å². The lowest BCUT2D eigenvalue weighted by Crippen LogP contribution is -2.34. The minimum Gasteiger partial charge on any atom is -0.464 e. The first-order chi connectivity index (χ1) is 8.38. The lowest BCUT2D eigenvalue weighted by molar-refractivity contribution is -0.111. The van der Waals surface area contributed by atoms with Crippen molar-refractivity contribution in [2.24, 2.45) is 5.92 Å². The number of nitrogens with zero attached hydrogens (tertiary/aromatic N) is 2. The van der Waals surface area contributed by atoms with E-state index in [1.807, 2.05) is 12.1 Å². The van der Waals surface area contributed by atoms with Gasteiger partial charge in [0.2, 0.25) is 0 Å². The van der Waals surface area contributed by atoms with Crippen molar-refractivity contribution in [3.63, 3.8) is 0 Å². The van der Waals surface area contributed by atoms with E-state index in [1.165, 1.54) is 0 Å². The Labute approximate surface area is 99.2 Å². The highest BCUT2D eigenvalue weighted by atomic mass is 16.3. The number of aldehydes is 1. The van der Waals surface area contributed by atoms with Gasteiger partial charge in [-0.05, 0) is 25.0 Å². The summed E-state index contributed by atoms with van der Waals surface area (Å²) in [6, 6.07) is 3.82. The van der Waals surface area contributed by atoms with Gasteiger partial charge in [0.1, 0.15) is 17.7 Å². The summed E-state index contributed by atoms with van der Waals surface area (Å²) in [4.78, 5) is 17.4. The molecule has 2 aromatic rings. The highest BCUT2D eigenvalue weighted by Crippen LogP contribution is 2.28. The summed E-state index contributed by atoms with van der Waals surface area (Å²) in [7, 11) is 0. The second-order valence-corrected chi connectivity index (χ2v) is 4.43. The van der Waals surface area contributed by atoms with Crippen molar-refractivity contribution < 1.29 is 9.21 Å². The standard InChI is InChI=1S/C13H14N2O2/c16-9-10-2-6-15(7-3-10)13-11-4-8-17-12(11)1-5-14-13/h1,4-5,8-10H,2-3,6-7H2. The Hall–Kier alpha value is -1.84. The van der Waals surface area contributed by atoms with Crippen LogP contribution in [-0.4, -0.2) is 24.4 Å². The summed E-state index contributed by atoms with van der Waals surface area (Å²) >= 11 is 0. The van der Waals surface area contributed by atoms with E-state index in [0.717, 1.165) is 49.0 Å². The van der Waals surface area contributed by atoms with Crippen LogP contribution in [0.25, 0.3) is 11.0 Å². The van der Waals surface area contributed by atoms with Gasteiger partial charge in [0.15, 0.2) is 0 Å².